The van der Waals surface area contributed by atoms with E-state index in [0.29, 0.717) is 17.3 Å². The van der Waals surface area contributed by atoms with Crippen LogP contribution in [0.25, 0.3) is 0 Å². The average molecular weight is 362 g/mol. The second-order valence-corrected chi connectivity index (χ2v) is 6.34. The van der Waals surface area contributed by atoms with Gasteiger partial charge in [0.25, 0.3) is 0 Å². The third-order valence-electron chi connectivity index (χ3n) is 4.17. The van der Waals surface area contributed by atoms with E-state index in [-0.39, 0.29) is 5.97 Å². The molecule has 0 bridgehead atoms. The molecule has 0 radical (unpaired) electrons. The van der Waals surface area contributed by atoms with E-state index in [4.69, 9.17) is 4.74 Å². The van der Waals surface area contributed by atoms with E-state index in [1.165, 1.54) is 18.2 Å². The van der Waals surface area contributed by atoms with Gasteiger partial charge in [-0.25, -0.2) is 9.78 Å². The largest absolute Gasteiger partial charge is 0.465 e. The van der Waals surface area contributed by atoms with E-state index in [1.807, 2.05) is 25.1 Å². The molecule has 0 unspecified atom stereocenters. The maximum absolute atomic E-state index is 11.7. The molecule has 0 fully saturated rings. The maximum Gasteiger partial charge on any atom is 0.337 e. The first-order valence-corrected chi connectivity index (χ1v) is 8.60. The molecule has 0 amide bonds. The zero-order valence-electron chi connectivity index (χ0n) is 15.8. The van der Waals surface area contributed by atoms with Crippen molar-refractivity contribution in [1.82, 2.24) is 9.97 Å². The molecule has 1 heterocycles. The third-order valence-corrected chi connectivity index (χ3v) is 4.17. The van der Waals surface area contributed by atoms with Crippen molar-refractivity contribution in [1.29, 1.82) is 0 Å². The molecule has 3 aromatic rings. The standard InChI is InChI=1S/C21H22N4O2/c1-13-8-9-18(10-14(13)2)24-21-22-15(3)11-19(25-21)23-17-7-5-6-16(12-17)20(26)27-4/h5-12H,1-4H3,(H2,22,23,24,25). The lowest BCUT2D eigenvalue weighted by Gasteiger charge is -2.11. The summed E-state index contributed by atoms with van der Waals surface area (Å²) in [6.45, 7) is 6.05. The molecule has 0 aliphatic rings. The Morgan fingerprint density at radius 2 is 1.67 bits per heavy atom. The lowest BCUT2D eigenvalue weighted by atomic mass is 10.1. The smallest absolute Gasteiger partial charge is 0.337 e. The molecule has 0 saturated heterocycles. The van der Waals surface area contributed by atoms with Gasteiger partial charge < -0.3 is 15.4 Å². The van der Waals surface area contributed by atoms with Gasteiger partial charge in [-0.3, -0.25) is 0 Å². The summed E-state index contributed by atoms with van der Waals surface area (Å²) in [6.07, 6.45) is 0. The fourth-order valence-corrected chi connectivity index (χ4v) is 2.63. The quantitative estimate of drug-likeness (QED) is 0.642. The minimum Gasteiger partial charge on any atom is -0.465 e. The van der Waals surface area contributed by atoms with Crippen LogP contribution in [-0.2, 0) is 4.74 Å². The number of methoxy groups -OCH3 is 1. The summed E-state index contributed by atoms with van der Waals surface area (Å²) in [5.74, 6) is 0.760. The summed E-state index contributed by atoms with van der Waals surface area (Å²) in [6, 6.07) is 15.0. The van der Waals surface area contributed by atoms with Gasteiger partial charge in [0.1, 0.15) is 5.82 Å². The van der Waals surface area contributed by atoms with E-state index in [1.54, 1.807) is 18.2 Å². The van der Waals surface area contributed by atoms with Crippen LogP contribution >= 0.6 is 0 Å². The van der Waals surface area contributed by atoms with Crippen molar-refractivity contribution in [3.8, 4) is 0 Å². The topological polar surface area (TPSA) is 76.1 Å². The number of esters is 1. The van der Waals surface area contributed by atoms with Crippen LogP contribution in [0.5, 0.6) is 0 Å². The highest BCUT2D eigenvalue weighted by Gasteiger charge is 2.08. The van der Waals surface area contributed by atoms with Crippen LogP contribution in [0.2, 0.25) is 0 Å². The molecule has 138 valence electrons. The van der Waals surface area contributed by atoms with Crippen molar-refractivity contribution in [3.05, 3.63) is 70.9 Å². The summed E-state index contributed by atoms with van der Waals surface area (Å²) < 4.78 is 4.76. The number of carbonyl (C=O) groups excluding carboxylic acids is 1. The van der Waals surface area contributed by atoms with Gasteiger partial charge in [0, 0.05) is 23.1 Å². The Labute approximate surface area is 158 Å². The maximum atomic E-state index is 11.7. The zero-order chi connectivity index (χ0) is 19.4. The van der Waals surface area contributed by atoms with Crippen molar-refractivity contribution >= 4 is 29.1 Å². The third kappa shape index (κ3) is 4.61. The Hall–Kier alpha value is -3.41. The number of hydrogen-bond acceptors (Lipinski definition) is 6. The number of aromatic nitrogens is 2. The number of anilines is 4. The van der Waals surface area contributed by atoms with E-state index >= 15 is 0 Å². The van der Waals surface area contributed by atoms with Gasteiger partial charge in [-0.05, 0) is 62.2 Å². The van der Waals surface area contributed by atoms with E-state index in [2.05, 4.69) is 46.6 Å². The van der Waals surface area contributed by atoms with Crippen LogP contribution < -0.4 is 10.6 Å². The highest BCUT2D eigenvalue weighted by atomic mass is 16.5. The Morgan fingerprint density at radius 3 is 2.41 bits per heavy atom. The number of carbonyl (C=O) groups is 1. The zero-order valence-corrected chi connectivity index (χ0v) is 15.8. The molecular weight excluding hydrogens is 340 g/mol. The fourth-order valence-electron chi connectivity index (χ4n) is 2.63. The number of nitrogens with zero attached hydrogens (tertiary/aromatic N) is 2. The van der Waals surface area contributed by atoms with Gasteiger partial charge in [0.2, 0.25) is 5.95 Å². The molecule has 6 nitrogen and oxygen atoms in total. The highest BCUT2D eigenvalue weighted by molar-refractivity contribution is 5.90. The molecular formula is C21H22N4O2. The van der Waals surface area contributed by atoms with Gasteiger partial charge in [0.15, 0.2) is 0 Å². The monoisotopic (exact) mass is 362 g/mol. The SMILES string of the molecule is COC(=O)c1cccc(Nc2cc(C)nc(Nc3ccc(C)c(C)c3)n2)c1. The highest BCUT2D eigenvalue weighted by Crippen LogP contribution is 2.21. The Bertz CT molecular complexity index is 986. The van der Waals surface area contributed by atoms with E-state index in [0.717, 1.165) is 17.1 Å². The van der Waals surface area contributed by atoms with Crippen LogP contribution in [0.4, 0.5) is 23.1 Å². The van der Waals surface area contributed by atoms with Crippen LogP contribution in [0.3, 0.4) is 0 Å². The van der Waals surface area contributed by atoms with Crippen LogP contribution in [0.15, 0.2) is 48.5 Å². The number of aryl methyl sites for hydroxylation is 3. The molecule has 27 heavy (non-hydrogen) atoms. The van der Waals surface area contributed by atoms with Crippen molar-refractivity contribution < 1.29 is 9.53 Å². The van der Waals surface area contributed by atoms with Crippen molar-refractivity contribution in [3.63, 3.8) is 0 Å². The molecule has 0 aliphatic carbocycles. The van der Waals surface area contributed by atoms with Gasteiger partial charge in [0.05, 0.1) is 12.7 Å². The van der Waals surface area contributed by atoms with Crippen LogP contribution in [0.1, 0.15) is 27.2 Å². The Balaban J connectivity index is 1.83. The predicted octanol–water partition coefficient (Wildman–Crippen LogP) is 4.68. The average Bonchev–Trinajstić information content (AvgIpc) is 2.64. The number of benzene rings is 2. The number of ether oxygens (including phenoxy) is 1. The van der Waals surface area contributed by atoms with Crippen molar-refractivity contribution in [2.75, 3.05) is 17.7 Å². The van der Waals surface area contributed by atoms with Gasteiger partial charge in [-0.1, -0.05) is 12.1 Å². The van der Waals surface area contributed by atoms with E-state index < -0.39 is 0 Å². The summed E-state index contributed by atoms with van der Waals surface area (Å²) in [7, 11) is 1.36. The first-order chi connectivity index (χ1) is 12.9. The predicted molar refractivity (Wildman–Crippen MR) is 107 cm³/mol. The van der Waals surface area contributed by atoms with Crippen molar-refractivity contribution in [2.45, 2.75) is 20.8 Å². The second kappa shape index (κ2) is 7.86. The second-order valence-electron chi connectivity index (χ2n) is 6.34. The first-order valence-electron chi connectivity index (χ1n) is 8.60. The Morgan fingerprint density at radius 1 is 0.889 bits per heavy atom. The molecule has 0 spiro atoms. The number of nitrogens with one attached hydrogen (secondary N) is 2. The minimum atomic E-state index is -0.380. The molecule has 0 atom stereocenters. The molecule has 6 heteroatoms. The lowest BCUT2D eigenvalue weighted by molar-refractivity contribution is 0.0601. The molecule has 0 aliphatic heterocycles. The molecule has 0 saturated carbocycles. The minimum absolute atomic E-state index is 0.380. The molecule has 2 N–H and O–H groups in total. The van der Waals surface area contributed by atoms with Crippen LogP contribution in [-0.4, -0.2) is 23.0 Å². The van der Waals surface area contributed by atoms with E-state index in [9.17, 15) is 4.79 Å². The lowest BCUT2D eigenvalue weighted by Crippen LogP contribution is -2.04. The summed E-state index contributed by atoms with van der Waals surface area (Å²) in [4.78, 5) is 20.7. The normalized spacial score (nSPS) is 10.4. The van der Waals surface area contributed by atoms with Gasteiger partial charge in [-0.2, -0.15) is 4.98 Å². The van der Waals surface area contributed by atoms with Gasteiger partial charge >= 0.3 is 5.97 Å². The Kier molecular flexibility index (Phi) is 5.35. The molecule has 2 aromatic carbocycles. The first kappa shape index (κ1) is 18.4. The molecule has 1 aromatic heterocycles. The number of rotatable bonds is 5. The van der Waals surface area contributed by atoms with Crippen molar-refractivity contribution in [2.24, 2.45) is 0 Å². The number of hydrogen-bond donors (Lipinski definition) is 2. The summed E-state index contributed by atoms with van der Waals surface area (Å²) in [5, 5.41) is 6.45. The summed E-state index contributed by atoms with van der Waals surface area (Å²) in [5.41, 5.74) is 5.41. The fraction of sp³-hybridized carbons (Fsp3) is 0.190. The van der Waals surface area contributed by atoms with Crippen LogP contribution in [0, 0.1) is 20.8 Å². The summed E-state index contributed by atoms with van der Waals surface area (Å²) >= 11 is 0. The molecule has 3 rings (SSSR count). The van der Waals surface area contributed by atoms with Gasteiger partial charge in [-0.15, -0.1) is 0 Å².